The van der Waals surface area contributed by atoms with Crippen molar-refractivity contribution in [2.75, 3.05) is 39.5 Å². The average Bonchev–Trinajstić information content (AvgIpc) is 2.39. The van der Waals surface area contributed by atoms with Crippen molar-refractivity contribution in [3.63, 3.8) is 0 Å². The highest BCUT2D eigenvalue weighted by molar-refractivity contribution is 5.83. The Hall–Kier alpha value is -0.650. The number of morpholine rings is 1. The van der Waals surface area contributed by atoms with E-state index in [1.807, 2.05) is 11.8 Å². The topological polar surface area (TPSA) is 64.8 Å². The van der Waals surface area contributed by atoms with Gasteiger partial charge in [0.25, 0.3) is 0 Å². The van der Waals surface area contributed by atoms with Gasteiger partial charge in [0.1, 0.15) is 0 Å². The third kappa shape index (κ3) is 2.46. The number of nitrogens with zero attached hydrogens (tertiary/aromatic N) is 1. The van der Waals surface area contributed by atoms with Crippen LogP contribution in [-0.2, 0) is 14.3 Å². The number of nitrogens with two attached hydrogens (primary N) is 1. The van der Waals surface area contributed by atoms with Crippen LogP contribution in [0.15, 0.2) is 0 Å². The Morgan fingerprint density at radius 2 is 2.06 bits per heavy atom. The first-order valence-electron chi connectivity index (χ1n) is 6.36. The van der Waals surface area contributed by atoms with Crippen molar-refractivity contribution in [2.24, 2.45) is 11.1 Å². The summed E-state index contributed by atoms with van der Waals surface area (Å²) < 4.78 is 10.7. The third-order valence-electron chi connectivity index (χ3n) is 3.92. The summed E-state index contributed by atoms with van der Waals surface area (Å²) >= 11 is 0. The first kappa shape index (κ1) is 12.8. The molecule has 0 spiro atoms. The Morgan fingerprint density at radius 1 is 1.35 bits per heavy atom. The second kappa shape index (κ2) is 5.33. The van der Waals surface area contributed by atoms with Gasteiger partial charge < -0.3 is 20.1 Å². The van der Waals surface area contributed by atoms with Crippen LogP contribution in [0.25, 0.3) is 0 Å². The molecule has 2 fully saturated rings. The van der Waals surface area contributed by atoms with Crippen LogP contribution >= 0.6 is 0 Å². The monoisotopic (exact) mass is 242 g/mol. The highest BCUT2D eigenvalue weighted by Gasteiger charge is 2.43. The molecule has 0 saturated carbocycles. The Balaban J connectivity index is 2.10. The zero-order valence-corrected chi connectivity index (χ0v) is 10.5. The number of carbonyl (C=O) groups excluding carboxylic acids is 1. The van der Waals surface area contributed by atoms with Crippen LogP contribution in [-0.4, -0.2) is 56.4 Å². The minimum absolute atomic E-state index is 0.155. The molecular weight excluding hydrogens is 220 g/mol. The summed E-state index contributed by atoms with van der Waals surface area (Å²) in [6.45, 7) is 5.67. The summed E-state index contributed by atoms with van der Waals surface area (Å²) in [5, 5.41) is 0. The number of hydrogen-bond donors (Lipinski definition) is 1. The fourth-order valence-electron chi connectivity index (χ4n) is 2.60. The van der Waals surface area contributed by atoms with E-state index >= 15 is 0 Å². The molecule has 1 amide bonds. The van der Waals surface area contributed by atoms with Gasteiger partial charge in [-0.3, -0.25) is 4.79 Å². The number of hydrogen-bond acceptors (Lipinski definition) is 4. The molecule has 2 heterocycles. The minimum atomic E-state index is -0.399. The second-order valence-electron chi connectivity index (χ2n) is 5.02. The molecule has 2 aliphatic rings. The van der Waals surface area contributed by atoms with E-state index in [0.29, 0.717) is 39.5 Å². The molecule has 5 nitrogen and oxygen atoms in total. The molecule has 0 aromatic rings. The van der Waals surface area contributed by atoms with Crippen molar-refractivity contribution in [3.05, 3.63) is 0 Å². The van der Waals surface area contributed by atoms with Crippen molar-refractivity contribution < 1.29 is 14.3 Å². The maximum Gasteiger partial charge on any atom is 0.230 e. The van der Waals surface area contributed by atoms with Crippen LogP contribution in [0.2, 0.25) is 0 Å². The lowest BCUT2D eigenvalue weighted by molar-refractivity contribution is -0.155. The van der Waals surface area contributed by atoms with Crippen LogP contribution in [0.3, 0.4) is 0 Å². The van der Waals surface area contributed by atoms with Crippen LogP contribution in [0.5, 0.6) is 0 Å². The van der Waals surface area contributed by atoms with Crippen molar-refractivity contribution in [2.45, 2.75) is 25.8 Å². The predicted octanol–water partition coefficient (Wildman–Crippen LogP) is -0.0108. The SMILES string of the molecule is C[C@@H]1COCCN1C(=O)C1(CN)CCOCC1. The highest BCUT2D eigenvalue weighted by Crippen LogP contribution is 2.32. The van der Waals surface area contributed by atoms with Gasteiger partial charge in [-0.1, -0.05) is 0 Å². The van der Waals surface area contributed by atoms with Crippen LogP contribution in [0.4, 0.5) is 0 Å². The molecular formula is C12H22N2O3. The summed E-state index contributed by atoms with van der Waals surface area (Å²) in [6.07, 6.45) is 1.48. The predicted molar refractivity (Wildman–Crippen MR) is 63.5 cm³/mol. The number of ether oxygens (including phenoxy) is 2. The average molecular weight is 242 g/mol. The van der Waals surface area contributed by atoms with Gasteiger partial charge in [0, 0.05) is 26.3 Å². The van der Waals surface area contributed by atoms with Gasteiger partial charge in [-0.2, -0.15) is 0 Å². The van der Waals surface area contributed by atoms with E-state index < -0.39 is 5.41 Å². The molecule has 2 rings (SSSR count). The smallest absolute Gasteiger partial charge is 0.230 e. The van der Waals surface area contributed by atoms with E-state index in [2.05, 4.69) is 0 Å². The molecule has 0 unspecified atom stereocenters. The lowest BCUT2D eigenvalue weighted by Crippen LogP contribution is -2.56. The molecule has 2 aliphatic heterocycles. The normalized spacial score (nSPS) is 29.1. The first-order valence-corrected chi connectivity index (χ1v) is 6.36. The Bertz CT molecular complexity index is 277. The summed E-state index contributed by atoms with van der Waals surface area (Å²) in [5.74, 6) is 0.194. The third-order valence-corrected chi connectivity index (χ3v) is 3.92. The fourth-order valence-corrected chi connectivity index (χ4v) is 2.60. The molecule has 5 heteroatoms. The highest BCUT2D eigenvalue weighted by atomic mass is 16.5. The summed E-state index contributed by atoms with van der Waals surface area (Å²) in [7, 11) is 0. The van der Waals surface area contributed by atoms with Crippen molar-refractivity contribution in [1.82, 2.24) is 4.90 Å². The van der Waals surface area contributed by atoms with Gasteiger partial charge in [-0.25, -0.2) is 0 Å². The van der Waals surface area contributed by atoms with Crippen LogP contribution < -0.4 is 5.73 Å². The largest absolute Gasteiger partial charge is 0.381 e. The molecule has 0 aliphatic carbocycles. The second-order valence-corrected chi connectivity index (χ2v) is 5.02. The van der Waals surface area contributed by atoms with Gasteiger partial charge in [0.05, 0.1) is 24.7 Å². The molecule has 0 aromatic heterocycles. The lowest BCUT2D eigenvalue weighted by Gasteiger charge is -2.42. The van der Waals surface area contributed by atoms with E-state index in [4.69, 9.17) is 15.2 Å². The minimum Gasteiger partial charge on any atom is -0.381 e. The first-order chi connectivity index (χ1) is 8.19. The van der Waals surface area contributed by atoms with Gasteiger partial charge in [0.15, 0.2) is 0 Å². The van der Waals surface area contributed by atoms with E-state index in [1.54, 1.807) is 0 Å². The number of rotatable bonds is 2. The standard InChI is InChI=1S/C12H22N2O3/c1-10-8-17-7-4-14(10)11(15)12(9-13)2-5-16-6-3-12/h10H,2-9,13H2,1H3/t10-/m1/s1. The number of carbonyl (C=O) groups is 1. The maximum absolute atomic E-state index is 12.7. The van der Waals surface area contributed by atoms with Crippen molar-refractivity contribution in [1.29, 1.82) is 0 Å². The van der Waals surface area contributed by atoms with E-state index in [1.165, 1.54) is 0 Å². The van der Waals surface area contributed by atoms with Gasteiger partial charge in [0.2, 0.25) is 5.91 Å². The Morgan fingerprint density at radius 3 is 2.65 bits per heavy atom. The zero-order valence-electron chi connectivity index (χ0n) is 10.5. The molecule has 0 aromatic carbocycles. The van der Waals surface area contributed by atoms with E-state index in [-0.39, 0.29) is 11.9 Å². The summed E-state index contributed by atoms with van der Waals surface area (Å²) in [5.41, 5.74) is 5.46. The van der Waals surface area contributed by atoms with Crippen molar-refractivity contribution in [3.8, 4) is 0 Å². The van der Waals surface area contributed by atoms with Crippen molar-refractivity contribution >= 4 is 5.91 Å². The van der Waals surface area contributed by atoms with Gasteiger partial charge in [-0.15, -0.1) is 0 Å². The number of amides is 1. The summed E-state index contributed by atoms with van der Waals surface area (Å²) in [6, 6.07) is 0.155. The van der Waals surface area contributed by atoms with Crippen LogP contribution in [0.1, 0.15) is 19.8 Å². The van der Waals surface area contributed by atoms with Gasteiger partial charge >= 0.3 is 0 Å². The van der Waals surface area contributed by atoms with E-state index in [0.717, 1.165) is 12.8 Å². The molecule has 1 atom stereocenters. The fraction of sp³-hybridized carbons (Fsp3) is 0.917. The lowest BCUT2D eigenvalue weighted by atomic mass is 9.78. The molecule has 98 valence electrons. The molecule has 0 radical (unpaired) electrons. The molecule has 0 bridgehead atoms. The van der Waals surface area contributed by atoms with E-state index in [9.17, 15) is 4.79 Å². The van der Waals surface area contributed by atoms with Gasteiger partial charge in [-0.05, 0) is 19.8 Å². The Labute approximate surface area is 102 Å². The maximum atomic E-state index is 12.7. The molecule has 2 N–H and O–H groups in total. The Kier molecular flexibility index (Phi) is 4.01. The molecule has 2 saturated heterocycles. The quantitative estimate of drug-likeness (QED) is 0.739. The molecule has 17 heavy (non-hydrogen) atoms. The summed E-state index contributed by atoms with van der Waals surface area (Å²) in [4.78, 5) is 14.6. The zero-order chi connectivity index (χ0) is 12.3. The van der Waals surface area contributed by atoms with Crippen LogP contribution in [0, 0.1) is 5.41 Å².